The maximum Gasteiger partial charge on any atom is 0.173 e. The van der Waals surface area contributed by atoms with Gasteiger partial charge in [-0.05, 0) is 74.3 Å². The lowest BCUT2D eigenvalue weighted by Crippen LogP contribution is -2.41. The third kappa shape index (κ3) is 4.07. The third-order valence-corrected chi connectivity index (χ3v) is 6.22. The van der Waals surface area contributed by atoms with Gasteiger partial charge in [0.15, 0.2) is 5.11 Å². The number of imidazole rings is 1. The van der Waals surface area contributed by atoms with E-state index in [0.717, 1.165) is 54.2 Å². The Kier molecular flexibility index (Phi) is 5.81. The number of aromatic nitrogens is 2. The van der Waals surface area contributed by atoms with Crippen LogP contribution in [-0.4, -0.2) is 47.3 Å². The van der Waals surface area contributed by atoms with Crippen LogP contribution in [0.2, 0.25) is 0 Å². The minimum absolute atomic E-state index is 0.323. The molecule has 1 saturated heterocycles. The highest BCUT2D eigenvalue weighted by Crippen LogP contribution is 2.31. The minimum Gasteiger partial charge on any atom is -0.497 e. The molecule has 1 aromatic heterocycles. The number of anilines is 1. The molecule has 1 aliphatic heterocycles. The first kappa shape index (κ1) is 20.5. The van der Waals surface area contributed by atoms with Gasteiger partial charge in [0, 0.05) is 25.1 Å². The van der Waals surface area contributed by atoms with E-state index in [-0.39, 0.29) is 0 Å². The van der Waals surface area contributed by atoms with Crippen LogP contribution in [0.15, 0.2) is 30.3 Å². The van der Waals surface area contributed by atoms with Gasteiger partial charge >= 0.3 is 0 Å². The molecule has 0 unspecified atom stereocenters. The second kappa shape index (κ2) is 8.52. The summed E-state index contributed by atoms with van der Waals surface area (Å²) in [7, 11) is 3.28. The molecule has 158 valence electrons. The summed E-state index contributed by atoms with van der Waals surface area (Å²) < 4.78 is 10.8. The molecule has 2 aromatic carbocycles. The quantitative estimate of drug-likeness (QED) is 0.588. The summed E-state index contributed by atoms with van der Waals surface area (Å²) in [5.74, 6) is 2.82. The summed E-state index contributed by atoms with van der Waals surface area (Å²) in [6.45, 7) is 6.03. The van der Waals surface area contributed by atoms with Crippen molar-refractivity contribution < 1.29 is 9.47 Å². The number of hydrogen-bond donors (Lipinski definition) is 2. The van der Waals surface area contributed by atoms with E-state index in [1.165, 1.54) is 11.1 Å². The first-order valence-electron chi connectivity index (χ1n) is 10.2. The molecule has 0 saturated carbocycles. The Balaban J connectivity index is 1.49. The summed E-state index contributed by atoms with van der Waals surface area (Å²) in [6, 6.07) is 10.0. The van der Waals surface area contributed by atoms with Crippen molar-refractivity contribution >= 4 is 34.1 Å². The molecule has 7 heteroatoms. The van der Waals surface area contributed by atoms with Crippen LogP contribution in [0.1, 0.15) is 35.7 Å². The van der Waals surface area contributed by atoms with Crippen molar-refractivity contribution in [3.63, 3.8) is 0 Å². The molecule has 0 bridgehead atoms. The van der Waals surface area contributed by atoms with Gasteiger partial charge in [-0.2, -0.15) is 0 Å². The Morgan fingerprint density at radius 2 is 1.97 bits per heavy atom. The normalized spacial score (nSPS) is 16.5. The molecule has 0 aliphatic carbocycles. The van der Waals surface area contributed by atoms with Crippen molar-refractivity contribution in [1.29, 1.82) is 0 Å². The number of aryl methyl sites for hydroxylation is 2. The first-order valence-corrected chi connectivity index (χ1v) is 10.6. The largest absolute Gasteiger partial charge is 0.497 e. The van der Waals surface area contributed by atoms with Crippen LogP contribution < -0.4 is 14.8 Å². The van der Waals surface area contributed by atoms with Crippen LogP contribution in [0.4, 0.5) is 5.69 Å². The lowest BCUT2D eigenvalue weighted by molar-refractivity contribution is 0.306. The van der Waals surface area contributed by atoms with E-state index in [1.807, 2.05) is 18.2 Å². The number of piperidine rings is 1. The highest BCUT2D eigenvalue weighted by Gasteiger charge is 2.26. The molecular formula is C23H28N4O2S. The number of ether oxygens (including phenoxy) is 2. The molecule has 1 fully saturated rings. The molecule has 1 atom stereocenters. The molecule has 2 heterocycles. The molecule has 6 nitrogen and oxygen atoms in total. The third-order valence-electron chi connectivity index (χ3n) is 5.86. The Bertz CT molecular complexity index is 1040. The van der Waals surface area contributed by atoms with E-state index in [4.69, 9.17) is 26.7 Å². The molecule has 0 amide bonds. The fourth-order valence-electron chi connectivity index (χ4n) is 3.96. The Hall–Kier alpha value is -2.80. The molecule has 3 aromatic rings. The second-order valence-corrected chi connectivity index (χ2v) is 8.24. The maximum absolute atomic E-state index is 5.72. The van der Waals surface area contributed by atoms with Gasteiger partial charge in [0.2, 0.25) is 0 Å². The van der Waals surface area contributed by atoms with Crippen molar-refractivity contribution in [1.82, 2.24) is 14.9 Å². The maximum atomic E-state index is 5.72. The topological polar surface area (TPSA) is 62.4 Å². The van der Waals surface area contributed by atoms with Gasteiger partial charge in [-0.3, -0.25) is 0 Å². The summed E-state index contributed by atoms with van der Waals surface area (Å²) in [4.78, 5) is 10.6. The van der Waals surface area contributed by atoms with Crippen molar-refractivity contribution in [3.8, 4) is 11.5 Å². The number of likely N-dealkylation sites (tertiary alicyclic amines) is 1. The van der Waals surface area contributed by atoms with Crippen molar-refractivity contribution in [2.24, 2.45) is 0 Å². The summed E-state index contributed by atoms with van der Waals surface area (Å²) in [5, 5.41) is 4.04. The lowest BCUT2D eigenvalue weighted by atomic mass is 9.98. The fraction of sp³-hybridized carbons (Fsp3) is 0.391. The number of aromatic amines is 1. The number of fused-ring (bicyclic) bond motifs is 1. The molecule has 4 rings (SSSR count). The lowest BCUT2D eigenvalue weighted by Gasteiger charge is -2.34. The van der Waals surface area contributed by atoms with E-state index in [0.29, 0.717) is 16.8 Å². The highest BCUT2D eigenvalue weighted by molar-refractivity contribution is 7.80. The summed E-state index contributed by atoms with van der Waals surface area (Å²) >= 11 is 5.72. The number of nitrogens with one attached hydrogen (secondary N) is 2. The van der Waals surface area contributed by atoms with Gasteiger partial charge in [0.25, 0.3) is 0 Å². The number of thiocarbonyl (C=S) groups is 1. The smallest absolute Gasteiger partial charge is 0.173 e. The molecule has 2 N–H and O–H groups in total. The standard InChI is InChI=1S/C23H28N4O2S/c1-14-10-19-20(11-15(14)2)25-22(24-19)16-6-5-9-27(13-16)23(30)26-18-8-7-17(28-3)12-21(18)29-4/h7-8,10-12,16H,5-6,9,13H2,1-4H3,(H,24,25)(H,26,30)/t16-/m1/s1. The van der Waals surface area contributed by atoms with Gasteiger partial charge < -0.3 is 24.7 Å². The molecular weight excluding hydrogens is 396 g/mol. The average molecular weight is 425 g/mol. The van der Waals surface area contributed by atoms with E-state index >= 15 is 0 Å². The van der Waals surface area contributed by atoms with Gasteiger partial charge in [0.05, 0.1) is 30.9 Å². The predicted octanol–water partition coefficient (Wildman–Crippen LogP) is 4.77. The molecule has 0 spiro atoms. The summed E-state index contributed by atoms with van der Waals surface area (Å²) in [5.41, 5.74) is 5.52. The number of nitrogens with zero attached hydrogens (tertiary/aromatic N) is 2. The fourth-order valence-corrected chi connectivity index (χ4v) is 4.24. The van der Waals surface area contributed by atoms with Gasteiger partial charge in [-0.25, -0.2) is 4.98 Å². The van der Waals surface area contributed by atoms with Gasteiger partial charge in [-0.1, -0.05) is 0 Å². The SMILES string of the molecule is COc1ccc(NC(=S)N2CCC[C@@H](c3nc4cc(C)c(C)cc4[nH]3)C2)c(OC)c1. The number of benzene rings is 2. The minimum atomic E-state index is 0.323. The predicted molar refractivity (Wildman–Crippen MR) is 125 cm³/mol. The Morgan fingerprint density at radius 3 is 2.73 bits per heavy atom. The van der Waals surface area contributed by atoms with Crippen molar-refractivity contribution in [3.05, 3.63) is 47.3 Å². The van der Waals surface area contributed by atoms with Crippen LogP contribution in [-0.2, 0) is 0 Å². The molecule has 1 aliphatic rings. The molecule has 30 heavy (non-hydrogen) atoms. The van der Waals surface area contributed by atoms with E-state index in [9.17, 15) is 0 Å². The van der Waals surface area contributed by atoms with Crippen LogP contribution >= 0.6 is 12.2 Å². The zero-order valence-corrected chi connectivity index (χ0v) is 18.7. The first-order chi connectivity index (χ1) is 14.5. The van der Waals surface area contributed by atoms with E-state index in [1.54, 1.807) is 14.2 Å². The Morgan fingerprint density at radius 1 is 1.17 bits per heavy atom. The number of methoxy groups -OCH3 is 2. The second-order valence-electron chi connectivity index (χ2n) is 7.86. The van der Waals surface area contributed by atoms with Crippen LogP contribution in [0.5, 0.6) is 11.5 Å². The monoisotopic (exact) mass is 424 g/mol. The van der Waals surface area contributed by atoms with Gasteiger partial charge in [0.1, 0.15) is 17.3 Å². The summed E-state index contributed by atoms with van der Waals surface area (Å²) in [6.07, 6.45) is 2.17. The number of rotatable bonds is 4. The van der Waals surface area contributed by atoms with E-state index in [2.05, 4.69) is 41.2 Å². The van der Waals surface area contributed by atoms with Crippen molar-refractivity contribution in [2.45, 2.75) is 32.6 Å². The highest BCUT2D eigenvalue weighted by atomic mass is 32.1. The zero-order valence-electron chi connectivity index (χ0n) is 17.9. The van der Waals surface area contributed by atoms with Crippen LogP contribution in [0.25, 0.3) is 11.0 Å². The number of H-pyrrole nitrogens is 1. The number of hydrogen-bond acceptors (Lipinski definition) is 4. The van der Waals surface area contributed by atoms with Crippen LogP contribution in [0.3, 0.4) is 0 Å². The van der Waals surface area contributed by atoms with Crippen molar-refractivity contribution in [2.75, 3.05) is 32.6 Å². The van der Waals surface area contributed by atoms with Crippen LogP contribution in [0, 0.1) is 13.8 Å². The molecule has 0 radical (unpaired) electrons. The Labute approximate surface area is 182 Å². The zero-order chi connectivity index (χ0) is 21.3. The average Bonchev–Trinajstić information content (AvgIpc) is 3.17. The van der Waals surface area contributed by atoms with Gasteiger partial charge in [-0.15, -0.1) is 0 Å². The van der Waals surface area contributed by atoms with E-state index < -0.39 is 0 Å².